The van der Waals surface area contributed by atoms with Gasteiger partial charge in [-0.05, 0) is 39.0 Å². The van der Waals surface area contributed by atoms with Crippen LogP contribution in [-0.2, 0) is 23.4 Å². The Hall–Kier alpha value is -2.34. The lowest BCUT2D eigenvalue weighted by molar-refractivity contribution is -0.149. The van der Waals surface area contributed by atoms with E-state index in [1.54, 1.807) is 51.1 Å². The van der Waals surface area contributed by atoms with Gasteiger partial charge in [0.15, 0.2) is 0 Å². The highest BCUT2D eigenvalue weighted by Gasteiger charge is 2.44. The number of carbonyl (C=O) groups excluding carboxylic acids is 1. The zero-order chi connectivity index (χ0) is 25.8. The summed E-state index contributed by atoms with van der Waals surface area (Å²) in [6.45, 7) is 6.24. The lowest BCUT2D eigenvalue weighted by Gasteiger charge is -2.25. The molecule has 1 aromatic carbocycles. The molecule has 11 nitrogen and oxygen atoms in total. The molecule has 3 rings (SSSR count). The summed E-state index contributed by atoms with van der Waals surface area (Å²) < 4.78 is 37.4. The van der Waals surface area contributed by atoms with E-state index in [2.05, 4.69) is 10.1 Å². The van der Waals surface area contributed by atoms with Crippen molar-refractivity contribution in [3.05, 3.63) is 57.7 Å². The molecule has 6 atom stereocenters. The van der Waals surface area contributed by atoms with Gasteiger partial charge in [0.2, 0.25) is 0 Å². The van der Waals surface area contributed by atoms with Crippen LogP contribution in [0.3, 0.4) is 0 Å². The molecule has 0 radical (unpaired) electrons. The predicted molar refractivity (Wildman–Crippen MR) is 129 cm³/mol. The number of aromatic nitrogens is 2. The molecule has 2 aromatic rings. The van der Waals surface area contributed by atoms with Gasteiger partial charge in [-0.15, -0.1) is 0 Å². The number of carbonyl (C=O) groups is 1. The number of rotatable bonds is 10. The van der Waals surface area contributed by atoms with Crippen molar-refractivity contribution >= 4 is 25.9 Å². The van der Waals surface area contributed by atoms with Crippen LogP contribution in [0.2, 0.25) is 0 Å². The van der Waals surface area contributed by atoms with Gasteiger partial charge in [-0.1, -0.05) is 37.3 Å². The second-order valence-corrected chi connectivity index (χ2v) is 10.6. The summed E-state index contributed by atoms with van der Waals surface area (Å²) in [5.74, 6) is -0.877. The number of hydrogen-bond donors (Lipinski definition) is 3. The first-order chi connectivity index (χ1) is 16.5. The molecule has 0 amide bonds. The molecule has 0 spiro atoms. The van der Waals surface area contributed by atoms with Crippen LogP contribution < -0.4 is 15.3 Å². The van der Waals surface area contributed by atoms with Gasteiger partial charge >= 0.3 is 19.4 Å². The number of nitrogens with zero attached hydrogens (tertiary/aromatic N) is 1. The maximum atomic E-state index is 13.6. The SMILES string of the molecule is CC(C)OC(=O)[C@H](C)NP(=O)(OC[C@H]1O[C@@H](n2ccc(=S)[nH]c2=O)C(C)[C@H]1O)Oc1ccccc1. The third-order valence-electron chi connectivity index (χ3n) is 5.24. The van der Waals surface area contributed by atoms with Crippen molar-refractivity contribution in [2.45, 2.75) is 58.3 Å². The van der Waals surface area contributed by atoms with E-state index in [4.69, 9.17) is 30.7 Å². The van der Waals surface area contributed by atoms with Crippen molar-refractivity contribution in [1.82, 2.24) is 14.6 Å². The van der Waals surface area contributed by atoms with E-state index in [1.807, 2.05) is 0 Å². The van der Waals surface area contributed by atoms with Crippen molar-refractivity contribution in [1.29, 1.82) is 0 Å². The minimum absolute atomic E-state index is 0.248. The molecular weight excluding hydrogens is 497 g/mol. The molecule has 2 heterocycles. The normalized spacial score (nSPS) is 24.6. The molecule has 1 saturated heterocycles. The largest absolute Gasteiger partial charge is 0.462 e. The first-order valence-electron chi connectivity index (χ1n) is 11.1. The fourth-order valence-electron chi connectivity index (χ4n) is 3.48. The Morgan fingerprint density at radius 3 is 2.60 bits per heavy atom. The molecule has 192 valence electrons. The molecule has 1 aromatic heterocycles. The molecule has 1 aliphatic heterocycles. The standard InChI is InChI=1S/C22H30N3O8PS/c1-13(2)31-21(27)15(4)24-34(29,33-16-8-6-5-7-9-16)30-12-17-19(26)14(3)20(32-17)25-11-10-18(35)23-22(25)28/h5-11,13-15,17,19-20,26H,12H2,1-4H3,(H,24,29)(H,23,28,35)/t14?,15-,17+,19+,20+,34?/m0/s1. The fourth-order valence-corrected chi connectivity index (χ4v) is 5.13. The van der Waals surface area contributed by atoms with Crippen LogP contribution >= 0.6 is 20.0 Å². The van der Waals surface area contributed by atoms with E-state index >= 15 is 0 Å². The van der Waals surface area contributed by atoms with Crippen LogP contribution in [0.1, 0.15) is 33.9 Å². The summed E-state index contributed by atoms with van der Waals surface area (Å²) in [4.78, 5) is 27.1. The van der Waals surface area contributed by atoms with E-state index in [0.717, 1.165) is 0 Å². The molecule has 1 fully saturated rings. The van der Waals surface area contributed by atoms with Crippen LogP contribution in [-0.4, -0.2) is 51.6 Å². The number of H-pyrrole nitrogens is 1. The van der Waals surface area contributed by atoms with Crippen molar-refractivity contribution in [3.63, 3.8) is 0 Å². The molecule has 2 unspecified atom stereocenters. The molecule has 1 aliphatic rings. The Balaban J connectivity index is 1.75. The zero-order valence-electron chi connectivity index (χ0n) is 19.8. The first kappa shape index (κ1) is 27.3. The maximum absolute atomic E-state index is 13.6. The average Bonchev–Trinajstić information content (AvgIpc) is 3.06. The van der Waals surface area contributed by atoms with E-state index in [9.17, 15) is 19.3 Å². The average molecular weight is 528 g/mol. The second-order valence-electron chi connectivity index (χ2n) is 8.47. The van der Waals surface area contributed by atoms with Crippen LogP contribution in [0.5, 0.6) is 5.75 Å². The number of aliphatic hydroxyl groups excluding tert-OH is 1. The summed E-state index contributed by atoms with van der Waals surface area (Å²) in [6, 6.07) is 8.83. The van der Waals surface area contributed by atoms with Crippen molar-refractivity contribution in [2.24, 2.45) is 5.92 Å². The minimum Gasteiger partial charge on any atom is -0.462 e. The van der Waals surface area contributed by atoms with Gasteiger partial charge < -0.3 is 19.1 Å². The minimum atomic E-state index is -4.13. The monoisotopic (exact) mass is 527 g/mol. The number of hydrogen-bond acceptors (Lipinski definition) is 9. The number of benzene rings is 1. The Labute approximate surface area is 208 Å². The molecule has 13 heteroatoms. The molecule has 35 heavy (non-hydrogen) atoms. The highest BCUT2D eigenvalue weighted by molar-refractivity contribution is 7.71. The van der Waals surface area contributed by atoms with Gasteiger partial charge in [-0.3, -0.25) is 18.9 Å². The van der Waals surface area contributed by atoms with Gasteiger partial charge in [0.1, 0.15) is 28.8 Å². The molecule has 0 saturated carbocycles. The van der Waals surface area contributed by atoms with Crippen LogP contribution in [0.4, 0.5) is 0 Å². The zero-order valence-corrected chi connectivity index (χ0v) is 21.5. The van der Waals surface area contributed by atoms with Gasteiger partial charge in [0.25, 0.3) is 0 Å². The van der Waals surface area contributed by atoms with E-state index in [1.165, 1.54) is 23.8 Å². The first-order valence-corrected chi connectivity index (χ1v) is 13.1. The number of aromatic amines is 1. The summed E-state index contributed by atoms with van der Waals surface area (Å²) in [5.41, 5.74) is -0.486. The van der Waals surface area contributed by atoms with Crippen molar-refractivity contribution < 1.29 is 33.0 Å². The fraction of sp³-hybridized carbons (Fsp3) is 0.500. The number of esters is 1. The van der Waals surface area contributed by atoms with Gasteiger partial charge in [0, 0.05) is 12.1 Å². The van der Waals surface area contributed by atoms with Crippen LogP contribution in [0, 0.1) is 10.6 Å². The van der Waals surface area contributed by atoms with E-state index < -0.39 is 49.8 Å². The van der Waals surface area contributed by atoms with Gasteiger partial charge in [0.05, 0.1) is 18.8 Å². The molecular formula is C22H30N3O8PS. The lowest BCUT2D eigenvalue weighted by atomic mass is 10.0. The smallest absolute Gasteiger partial charge is 0.459 e. The third-order valence-corrected chi connectivity index (χ3v) is 7.13. The van der Waals surface area contributed by atoms with Gasteiger partial charge in [-0.25, -0.2) is 9.36 Å². The molecule has 0 bridgehead atoms. The molecule has 0 aliphatic carbocycles. The third kappa shape index (κ3) is 7.09. The highest BCUT2D eigenvalue weighted by atomic mass is 32.1. The van der Waals surface area contributed by atoms with Crippen LogP contribution in [0.15, 0.2) is 47.4 Å². The van der Waals surface area contributed by atoms with E-state index in [0.29, 0.717) is 0 Å². The lowest BCUT2D eigenvalue weighted by Crippen LogP contribution is -2.37. The number of para-hydroxylation sites is 1. The Kier molecular flexibility index (Phi) is 9.03. The Morgan fingerprint density at radius 2 is 1.97 bits per heavy atom. The summed E-state index contributed by atoms with van der Waals surface area (Å²) in [7, 11) is -4.13. The van der Waals surface area contributed by atoms with E-state index in [-0.39, 0.29) is 23.1 Å². The Morgan fingerprint density at radius 1 is 1.29 bits per heavy atom. The van der Waals surface area contributed by atoms with Gasteiger partial charge in [-0.2, -0.15) is 5.09 Å². The number of ether oxygens (including phenoxy) is 2. The quantitative estimate of drug-likeness (QED) is 0.240. The summed E-state index contributed by atoms with van der Waals surface area (Å²) in [5, 5.41) is 13.3. The highest BCUT2D eigenvalue weighted by Crippen LogP contribution is 2.46. The molecule has 3 N–H and O–H groups in total. The van der Waals surface area contributed by atoms with Crippen molar-refractivity contribution in [2.75, 3.05) is 6.61 Å². The number of aliphatic hydroxyl groups is 1. The Bertz CT molecular complexity index is 1170. The predicted octanol–water partition coefficient (Wildman–Crippen LogP) is 2.93. The second kappa shape index (κ2) is 11.6. The maximum Gasteiger partial charge on any atom is 0.459 e. The number of nitrogens with one attached hydrogen (secondary N) is 2. The van der Waals surface area contributed by atoms with Crippen LogP contribution in [0.25, 0.3) is 0 Å². The summed E-state index contributed by atoms with van der Waals surface area (Å²) in [6.07, 6.45) is -1.66. The summed E-state index contributed by atoms with van der Waals surface area (Å²) >= 11 is 4.96. The van der Waals surface area contributed by atoms with Crippen molar-refractivity contribution in [3.8, 4) is 5.75 Å². The topological polar surface area (TPSA) is 141 Å².